The summed E-state index contributed by atoms with van der Waals surface area (Å²) in [5.74, 6) is 0.831. The van der Waals surface area contributed by atoms with Crippen molar-refractivity contribution in [3.8, 4) is 0 Å². The molecule has 3 heteroatoms. The van der Waals surface area contributed by atoms with Gasteiger partial charge in [-0.05, 0) is 13.8 Å². The fourth-order valence-corrected chi connectivity index (χ4v) is 1.16. The lowest BCUT2D eigenvalue weighted by Gasteiger charge is -2.19. The molecular formula is C6H13NOS. The highest BCUT2D eigenvalue weighted by atomic mass is 32.1. The smallest absolute Gasteiger partial charge is 0.105 e. The van der Waals surface area contributed by atoms with Crippen LogP contribution in [0.1, 0.15) is 13.8 Å². The van der Waals surface area contributed by atoms with Crippen LogP contribution in [0.5, 0.6) is 0 Å². The molecule has 0 aromatic carbocycles. The van der Waals surface area contributed by atoms with Crippen LogP contribution in [0.15, 0.2) is 0 Å². The molecule has 2 nitrogen and oxygen atoms in total. The predicted molar refractivity (Wildman–Crippen MR) is 40.8 cm³/mol. The van der Waals surface area contributed by atoms with Crippen LogP contribution in [0.3, 0.4) is 0 Å². The van der Waals surface area contributed by atoms with E-state index < -0.39 is 0 Å². The Morgan fingerprint density at radius 2 is 2.56 bits per heavy atom. The van der Waals surface area contributed by atoms with E-state index >= 15 is 0 Å². The highest BCUT2D eigenvalue weighted by molar-refractivity contribution is 7.80. The van der Waals surface area contributed by atoms with Crippen LogP contribution < -0.4 is 5.32 Å². The van der Waals surface area contributed by atoms with Crippen LogP contribution in [-0.2, 0) is 4.74 Å². The number of nitrogens with one attached hydrogen (secondary N) is 1. The molecule has 0 saturated carbocycles. The van der Waals surface area contributed by atoms with Gasteiger partial charge in [-0.25, -0.2) is 0 Å². The van der Waals surface area contributed by atoms with E-state index in [9.17, 15) is 0 Å². The Morgan fingerprint density at radius 1 is 1.89 bits per heavy atom. The summed E-state index contributed by atoms with van der Waals surface area (Å²) in [6, 6.07) is 0. The Hall–Kier alpha value is 0.270. The first-order valence-electron chi connectivity index (χ1n) is 3.16. The summed E-state index contributed by atoms with van der Waals surface area (Å²) in [4.78, 5) is 0. The van der Waals surface area contributed by atoms with Gasteiger partial charge in [0.25, 0.3) is 0 Å². The van der Waals surface area contributed by atoms with Crippen LogP contribution in [0.25, 0.3) is 0 Å². The summed E-state index contributed by atoms with van der Waals surface area (Å²) in [5.41, 5.74) is 0.0997. The van der Waals surface area contributed by atoms with Gasteiger partial charge in [0.1, 0.15) is 6.23 Å². The van der Waals surface area contributed by atoms with Crippen molar-refractivity contribution in [1.82, 2.24) is 5.32 Å². The molecule has 0 amide bonds. The Morgan fingerprint density at radius 3 is 2.78 bits per heavy atom. The third-order valence-corrected chi connectivity index (χ3v) is 2.25. The molecule has 1 saturated heterocycles. The van der Waals surface area contributed by atoms with Crippen LogP contribution in [0.4, 0.5) is 0 Å². The Bertz CT molecular complexity index is 109. The summed E-state index contributed by atoms with van der Waals surface area (Å²) >= 11 is 4.20. The zero-order valence-electron chi connectivity index (χ0n) is 5.85. The first-order chi connectivity index (χ1) is 4.16. The molecule has 0 bridgehead atoms. The van der Waals surface area contributed by atoms with Gasteiger partial charge in [-0.2, -0.15) is 12.6 Å². The van der Waals surface area contributed by atoms with Crippen molar-refractivity contribution in [3.63, 3.8) is 0 Å². The maximum absolute atomic E-state index is 5.30. The van der Waals surface area contributed by atoms with Crippen LogP contribution in [-0.4, -0.2) is 24.1 Å². The van der Waals surface area contributed by atoms with E-state index in [2.05, 4.69) is 24.9 Å². The van der Waals surface area contributed by atoms with Gasteiger partial charge in [0.15, 0.2) is 0 Å². The molecular weight excluding hydrogens is 134 g/mol. The van der Waals surface area contributed by atoms with E-state index in [1.165, 1.54) is 0 Å². The van der Waals surface area contributed by atoms with Gasteiger partial charge in [0, 0.05) is 11.3 Å². The normalized spacial score (nSPS) is 43.7. The highest BCUT2D eigenvalue weighted by Gasteiger charge is 2.31. The molecule has 1 heterocycles. The van der Waals surface area contributed by atoms with Gasteiger partial charge in [-0.1, -0.05) is 0 Å². The molecule has 1 aliphatic rings. The lowest BCUT2D eigenvalue weighted by molar-refractivity contribution is 0.113. The minimum atomic E-state index is 0.0997. The fourth-order valence-electron chi connectivity index (χ4n) is 0.974. The molecule has 0 spiro atoms. The largest absolute Gasteiger partial charge is 0.362 e. The predicted octanol–water partition coefficient (Wildman–Crippen LogP) is 0.641. The van der Waals surface area contributed by atoms with Gasteiger partial charge >= 0.3 is 0 Å². The number of thiol groups is 1. The van der Waals surface area contributed by atoms with Crippen molar-refractivity contribution in [2.45, 2.75) is 25.6 Å². The maximum atomic E-state index is 5.30. The van der Waals surface area contributed by atoms with Crippen LogP contribution in [0.2, 0.25) is 0 Å². The Kier molecular flexibility index (Phi) is 2.03. The number of hydrogen-bond donors (Lipinski definition) is 2. The van der Waals surface area contributed by atoms with Gasteiger partial charge in [-0.3, -0.25) is 5.32 Å². The van der Waals surface area contributed by atoms with Crippen molar-refractivity contribution in [2.24, 2.45) is 0 Å². The van der Waals surface area contributed by atoms with Crippen molar-refractivity contribution >= 4 is 12.6 Å². The van der Waals surface area contributed by atoms with Gasteiger partial charge in [0.05, 0.1) is 6.61 Å². The molecule has 2 atom stereocenters. The molecule has 0 aromatic heterocycles. The molecule has 1 aliphatic heterocycles. The van der Waals surface area contributed by atoms with Crippen LogP contribution >= 0.6 is 12.6 Å². The third kappa shape index (κ3) is 1.60. The quantitative estimate of drug-likeness (QED) is 0.531. The molecule has 0 radical (unpaired) electrons. The summed E-state index contributed by atoms with van der Waals surface area (Å²) in [5, 5.41) is 3.28. The highest BCUT2D eigenvalue weighted by Crippen LogP contribution is 2.15. The van der Waals surface area contributed by atoms with Crippen molar-refractivity contribution in [1.29, 1.82) is 0 Å². The van der Waals surface area contributed by atoms with E-state index in [0.29, 0.717) is 0 Å². The summed E-state index contributed by atoms with van der Waals surface area (Å²) in [7, 11) is 0. The monoisotopic (exact) mass is 147 g/mol. The van der Waals surface area contributed by atoms with E-state index in [-0.39, 0.29) is 11.8 Å². The second kappa shape index (κ2) is 2.48. The lowest BCUT2D eigenvalue weighted by Crippen LogP contribution is -2.42. The molecule has 1 fully saturated rings. The summed E-state index contributed by atoms with van der Waals surface area (Å²) < 4.78 is 5.30. The minimum absolute atomic E-state index is 0.0997. The van der Waals surface area contributed by atoms with Crippen molar-refractivity contribution in [2.75, 3.05) is 12.4 Å². The van der Waals surface area contributed by atoms with E-state index in [1.54, 1.807) is 0 Å². The van der Waals surface area contributed by atoms with Crippen molar-refractivity contribution < 1.29 is 4.74 Å². The number of hydrogen-bond acceptors (Lipinski definition) is 3. The number of ether oxygens (including phenoxy) is 1. The maximum Gasteiger partial charge on any atom is 0.105 e. The average molecular weight is 147 g/mol. The van der Waals surface area contributed by atoms with Gasteiger partial charge in [0.2, 0.25) is 0 Å². The SMILES string of the molecule is CC1NC(C)(CS)CO1. The van der Waals surface area contributed by atoms with E-state index in [1.807, 2.05) is 6.92 Å². The zero-order valence-corrected chi connectivity index (χ0v) is 6.74. The Labute approximate surface area is 61.4 Å². The number of rotatable bonds is 1. The molecule has 9 heavy (non-hydrogen) atoms. The molecule has 1 rings (SSSR count). The zero-order chi connectivity index (χ0) is 6.91. The minimum Gasteiger partial charge on any atom is -0.362 e. The lowest BCUT2D eigenvalue weighted by atomic mass is 10.1. The molecule has 2 unspecified atom stereocenters. The first-order valence-corrected chi connectivity index (χ1v) is 3.80. The second-order valence-electron chi connectivity index (χ2n) is 2.82. The van der Waals surface area contributed by atoms with Crippen LogP contribution in [0, 0.1) is 0 Å². The standard InChI is InChI=1S/C6H13NOS/c1-5-7-6(2,4-9)3-8-5/h5,7,9H,3-4H2,1-2H3. The average Bonchev–Trinajstić information content (AvgIpc) is 2.13. The van der Waals surface area contributed by atoms with Crippen molar-refractivity contribution in [3.05, 3.63) is 0 Å². The molecule has 0 aromatic rings. The first kappa shape index (κ1) is 7.38. The van der Waals surface area contributed by atoms with E-state index in [4.69, 9.17) is 4.74 Å². The Balaban J connectivity index is 2.45. The molecule has 1 N–H and O–H groups in total. The van der Waals surface area contributed by atoms with E-state index in [0.717, 1.165) is 12.4 Å². The molecule has 54 valence electrons. The topological polar surface area (TPSA) is 21.3 Å². The summed E-state index contributed by atoms with van der Waals surface area (Å²) in [6.45, 7) is 4.90. The van der Waals surface area contributed by atoms with Gasteiger partial charge < -0.3 is 4.74 Å². The fraction of sp³-hybridized carbons (Fsp3) is 1.00. The molecule has 0 aliphatic carbocycles. The third-order valence-electron chi connectivity index (χ3n) is 1.55. The summed E-state index contributed by atoms with van der Waals surface area (Å²) in [6.07, 6.45) is 0.196. The van der Waals surface area contributed by atoms with Gasteiger partial charge in [-0.15, -0.1) is 0 Å². The second-order valence-corrected chi connectivity index (χ2v) is 3.13.